The van der Waals surface area contributed by atoms with E-state index in [0.29, 0.717) is 19.3 Å². The number of unbranched alkanes of at least 4 members (excludes halogenated alkanes) is 37. The molecule has 0 aromatic rings. The van der Waals surface area contributed by atoms with Crippen LogP contribution in [0.15, 0.2) is 72.9 Å². The van der Waals surface area contributed by atoms with Crippen molar-refractivity contribution in [3.8, 4) is 0 Å². The minimum Gasteiger partial charge on any atom is -0.462 e. The molecule has 0 fully saturated rings. The summed E-state index contributed by atoms with van der Waals surface area (Å²) in [5.74, 6) is -0.868. The number of allylic oxidation sites excluding steroid dienone is 12. The Morgan fingerprint density at radius 3 is 0.803 bits per heavy atom. The maximum absolute atomic E-state index is 12.8. The lowest BCUT2D eigenvalue weighted by Gasteiger charge is -2.18. The molecule has 0 bridgehead atoms. The van der Waals surface area contributed by atoms with Gasteiger partial charge in [-0.25, -0.2) is 0 Å². The molecule has 6 nitrogen and oxygen atoms in total. The molecule has 0 saturated heterocycles. The molecule has 0 spiro atoms. The Morgan fingerprint density at radius 2 is 0.513 bits per heavy atom. The normalized spacial score (nSPS) is 12.5. The van der Waals surface area contributed by atoms with Gasteiger partial charge in [0, 0.05) is 19.3 Å². The zero-order valence-electron chi connectivity index (χ0n) is 50.5. The first-order valence-electron chi connectivity index (χ1n) is 32.9. The lowest BCUT2D eigenvalue weighted by Crippen LogP contribution is -2.30. The number of carbonyl (C=O) groups is 3. The fraction of sp³-hybridized carbons (Fsp3) is 0.786. The van der Waals surface area contributed by atoms with Crippen molar-refractivity contribution >= 4 is 17.9 Å². The highest BCUT2D eigenvalue weighted by molar-refractivity contribution is 5.71. The Labute approximate surface area is 472 Å². The average molecular weight is 1060 g/mol. The fourth-order valence-corrected chi connectivity index (χ4v) is 9.57. The van der Waals surface area contributed by atoms with Gasteiger partial charge in [0.05, 0.1) is 0 Å². The summed E-state index contributed by atoms with van der Waals surface area (Å²) in [5.41, 5.74) is 0. The van der Waals surface area contributed by atoms with Gasteiger partial charge >= 0.3 is 17.9 Å². The highest BCUT2D eigenvalue weighted by atomic mass is 16.6. The van der Waals surface area contributed by atoms with Crippen LogP contribution in [-0.2, 0) is 28.6 Å². The number of carbonyl (C=O) groups excluding carboxylic acids is 3. The summed E-state index contributed by atoms with van der Waals surface area (Å²) in [6, 6.07) is 0. The quantitative estimate of drug-likeness (QED) is 0.0261. The number of ether oxygens (including phenoxy) is 3. The zero-order chi connectivity index (χ0) is 55.0. The van der Waals surface area contributed by atoms with Crippen LogP contribution >= 0.6 is 0 Å². The lowest BCUT2D eigenvalue weighted by atomic mass is 10.0. The third-order valence-electron chi connectivity index (χ3n) is 14.5. The Bertz CT molecular complexity index is 1400. The molecular weight excluding hydrogens is 937 g/mol. The second-order valence-corrected chi connectivity index (χ2v) is 22.0. The summed E-state index contributed by atoms with van der Waals surface area (Å²) in [6.45, 7) is 6.49. The van der Waals surface area contributed by atoms with Gasteiger partial charge in [-0.1, -0.05) is 318 Å². The lowest BCUT2D eigenvalue weighted by molar-refractivity contribution is -0.167. The van der Waals surface area contributed by atoms with E-state index in [-0.39, 0.29) is 31.1 Å². The Kier molecular flexibility index (Phi) is 61.7. The summed E-state index contributed by atoms with van der Waals surface area (Å²) >= 11 is 0. The minimum atomic E-state index is -0.768. The molecule has 0 heterocycles. The molecule has 1 atom stereocenters. The second-order valence-electron chi connectivity index (χ2n) is 22.0. The van der Waals surface area contributed by atoms with Crippen LogP contribution in [0.4, 0.5) is 0 Å². The zero-order valence-corrected chi connectivity index (χ0v) is 50.5. The van der Waals surface area contributed by atoms with Crippen molar-refractivity contribution in [3.05, 3.63) is 72.9 Å². The van der Waals surface area contributed by atoms with Crippen LogP contribution in [0, 0.1) is 0 Å². The van der Waals surface area contributed by atoms with E-state index in [0.717, 1.165) is 103 Å². The van der Waals surface area contributed by atoms with Crippen molar-refractivity contribution in [1.82, 2.24) is 0 Å². The van der Waals surface area contributed by atoms with Crippen molar-refractivity contribution in [3.63, 3.8) is 0 Å². The van der Waals surface area contributed by atoms with Gasteiger partial charge in [-0.3, -0.25) is 14.4 Å². The standard InChI is InChI=1S/C70H124O6/c1-4-7-10-13-15-17-19-21-23-25-27-29-30-31-32-33-34-35-36-37-38-39-40-41-43-44-46-48-50-52-54-57-60-63-69(72)75-66-67(65-74-68(71)62-59-56-12-9-6-3)76-70(73)64-61-58-55-53-51-49-47-45-42-28-26-24-22-20-18-16-14-11-8-5-2/h7,10,15,17,21,23,27,29,31-32,34-35,67H,4-6,8-9,11-14,16,18-20,22,24-26,28,30,33,36-66H2,1-3H3/b10-7-,17-15-,23-21-,29-27-,32-31-,35-34-. The van der Waals surface area contributed by atoms with Crippen molar-refractivity contribution in [2.24, 2.45) is 0 Å². The maximum Gasteiger partial charge on any atom is 0.306 e. The van der Waals surface area contributed by atoms with Crippen LogP contribution in [0.5, 0.6) is 0 Å². The molecule has 0 radical (unpaired) electrons. The maximum atomic E-state index is 12.8. The van der Waals surface area contributed by atoms with Crippen molar-refractivity contribution in [1.29, 1.82) is 0 Å². The first-order chi connectivity index (χ1) is 37.5. The van der Waals surface area contributed by atoms with E-state index >= 15 is 0 Å². The van der Waals surface area contributed by atoms with Gasteiger partial charge in [-0.15, -0.1) is 0 Å². The van der Waals surface area contributed by atoms with E-state index in [2.05, 4.69) is 93.7 Å². The van der Waals surface area contributed by atoms with E-state index in [9.17, 15) is 14.4 Å². The molecule has 0 rings (SSSR count). The molecule has 0 aromatic carbocycles. The second kappa shape index (κ2) is 64.4. The molecule has 0 N–H and O–H groups in total. The molecule has 440 valence electrons. The van der Waals surface area contributed by atoms with Gasteiger partial charge in [0.25, 0.3) is 0 Å². The predicted octanol–water partition coefficient (Wildman–Crippen LogP) is 22.5. The van der Waals surface area contributed by atoms with Crippen molar-refractivity contribution in [2.75, 3.05) is 13.2 Å². The Morgan fingerprint density at radius 1 is 0.276 bits per heavy atom. The number of hydrogen-bond acceptors (Lipinski definition) is 6. The van der Waals surface area contributed by atoms with Crippen molar-refractivity contribution in [2.45, 2.75) is 341 Å². The summed E-state index contributed by atoms with van der Waals surface area (Å²) in [5, 5.41) is 0. The molecule has 0 aliphatic heterocycles. The number of hydrogen-bond donors (Lipinski definition) is 0. The summed E-state index contributed by atoms with van der Waals surface area (Å²) in [7, 11) is 0. The van der Waals surface area contributed by atoms with Crippen LogP contribution in [0.1, 0.15) is 335 Å². The van der Waals surface area contributed by atoms with Crippen LogP contribution in [0.25, 0.3) is 0 Å². The van der Waals surface area contributed by atoms with Gasteiger partial charge in [0.2, 0.25) is 0 Å². The Balaban J connectivity index is 3.96. The summed E-state index contributed by atoms with van der Waals surface area (Å²) in [4.78, 5) is 37.9. The fourth-order valence-electron chi connectivity index (χ4n) is 9.57. The predicted molar refractivity (Wildman–Crippen MR) is 330 cm³/mol. The minimum absolute atomic E-state index is 0.0708. The van der Waals surface area contributed by atoms with Gasteiger partial charge < -0.3 is 14.2 Å². The van der Waals surface area contributed by atoms with Crippen LogP contribution < -0.4 is 0 Å². The molecule has 0 aliphatic rings. The van der Waals surface area contributed by atoms with Crippen LogP contribution in [0.2, 0.25) is 0 Å². The van der Waals surface area contributed by atoms with E-state index in [4.69, 9.17) is 14.2 Å². The smallest absolute Gasteiger partial charge is 0.306 e. The number of esters is 3. The summed E-state index contributed by atoms with van der Waals surface area (Å²) < 4.78 is 16.8. The molecular formula is C70H124O6. The van der Waals surface area contributed by atoms with E-state index < -0.39 is 6.10 Å². The van der Waals surface area contributed by atoms with Gasteiger partial charge in [-0.2, -0.15) is 0 Å². The van der Waals surface area contributed by atoms with Crippen LogP contribution in [0.3, 0.4) is 0 Å². The van der Waals surface area contributed by atoms with Gasteiger partial charge in [0.1, 0.15) is 13.2 Å². The molecule has 76 heavy (non-hydrogen) atoms. The molecule has 0 amide bonds. The van der Waals surface area contributed by atoms with E-state index in [1.54, 1.807) is 0 Å². The molecule has 0 aromatic heterocycles. The Hall–Kier alpha value is -3.15. The third kappa shape index (κ3) is 61.7. The van der Waals surface area contributed by atoms with Crippen LogP contribution in [-0.4, -0.2) is 37.2 Å². The first kappa shape index (κ1) is 72.8. The molecule has 6 heteroatoms. The van der Waals surface area contributed by atoms with E-state index in [1.165, 1.54) is 193 Å². The largest absolute Gasteiger partial charge is 0.462 e. The van der Waals surface area contributed by atoms with E-state index in [1.807, 2.05) is 0 Å². The average Bonchev–Trinajstić information content (AvgIpc) is 3.42. The van der Waals surface area contributed by atoms with Crippen molar-refractivity contribution < 1.29 is 28.6 Å². The summed E-state index contributed by atoms with van der Waals surface area (Å²) in [6.07, 6.45) is 84.0. The first-order valence-corrected chi connectivity index (χ1v) is 32.9. The van der Waals surface area contributed by atoms with Gasteiger partial charge in [0.15, 0.2) is 6.10 Å². The monoisotopic (exact) mass is 1060 g/mol. The molecule has 1 unspecified atom stereocenters. The molecule has 0 aliphatic carbocycles. The topological polar surface area (TPSA) is 78.9 Å². The highest BCUT2D eigenvalue weighted by Crippen LogP contribution is 2.18. The SMILES string of the molecule is CC/C=C\C/C=C\C/C=C\C/C=C\C/C=C\C/C=C\CCCCCCCCCCCCCCCCC(=O)OCC(COC(=O)CCCCCCC)OC(=O)CCCCCCCCCCCCCCCCCCCCCC. The number of rotatable bonds is 60. The third-order valence-corrected chi connectivity index (χ3v) is 14.5. The molecule has 0 saturated carbocycles. The van der Waals surface area contributed by atoms with Gasteiger partial charge in [-0.05, 0) is 70.6 Å². The highest BCUT2D eigenvalue weighted by Gasteiger charge is 2.19.